The number of fused-ring (bicyclic) bond motifs is 1. The van der Waals surface area contributed by atoms with E-state index in [4.69, 9.17) is 4.74 Å². The highest BCUT2D eigenvalue weighted by molar-refractivity contribution is 7.19. The van der Waals surface area contributed by atoms with Gasteiger partial charge in [-0.1, -0.05) is 19.1 Å². The molecular weight excluding hydrogens is 288 g/mol. The molecule has 0 aliphatic carbocycles. The van der Waals surface area contributed by atoms with Gasteiger partial charge in [0.1, 0.15) is 5.01 Å². The van der Waals surface area contributed by atoms with Gasteiger partial charge in [0.25, 0.3) is 5.91 Å². The molecule has 1 heterocycles. The van der Waals surface area contributed by atoms with Crippen LogP contribution in [0.5, 0.6) is 0 Å². The van der Waals surface area contributed by atoms with Crippen LogP contribution >= 0.6 is 11.3 Å². The van der Waals surface area contributed by atoms with Gasteiger partial charge in [-0.2, -0.15) is 0 Å². The van der Waals surface area contributed by atoms with Crippen molar-refractivity contribution in [2.75, 3.05) is 13.2 Å². The molecule has 1 aromatic heterocycles. The first-order chi connectivity index (χ1) is 10.2. The van der Waals surface area contributed by atoms with Crippen LogP contribution in [-0.4, -0.2) is 30.0 Å². The number of carbonyl (C=O) groups excluding carboxylic acids is 2. The molecule has 0 saturated heterocycles. The van der Waals surface area contributed by atoms with Crippen molar-refractivity contribution >= 4 is 39.5 Å². The molecule has 0 spiro atoms. The van der Waals surface area contributed by atoms with E-state index in [1.165, 1.54) is 17.4 Å². The minimum Gasteiger partial charge on any atom is -0.452 e. The molecule has 1 N–H and O–H groups in total. The van der Waals surface area contributed by atoms with Crippen LogP contribution in [0.4, 0.5) is 0 Å². The van der Waals surface area contributed by atoms with Crippen LogP contribution in [0.3, 0.4) is 0 Å². The van der Waals surface area contributed by atoms with Crippen LogP contribution in [-0.2, 0) is 14.3 Å². The predicted molar refractivity (Wildman–Crippen MR) is 82.9 cm³/mol. The number of benzene rings is 1. The first-order valence-electron chi connectivity index (χ1n) is 6.66. The number of nitrogens with one attached hydrogen (secondary N) is 1. The van der Waals surface area contributed by atoms with E-state index in [-0.39, 0.29) is 12.5 Å². The van der Waals surface area contributed by atoms with E-state index < -0.39 is 5.97 Å². The summed E-state index contributed by atoms with van der Waals surface area (Å²) in [6.45, 7) is 2.27. The maximum absolute atomic E-state index is 11.5. The fraction of sp³-hybridized carbons (Fsp3) is 0.267. The molecule has 0 aliphatic rings. The molecule has 2 aromatic rings. The Morgan fingerprint density at radius 3 is 2.95 bits per heavy atom. The summed E-state index contributed by atoms with van der Waals surface area (Å²) in [5.41, 5.74) is 0.898. The van der Waals surface area contributed by atoms with Crippen molar-refractivity contribution in [3.05, 3.63) is 35.3 Å². The molecule has 0 atom stereocenters. The zero-order valence-corrected chi connectivity index (χ0v) is 12.5. The highest BCUT2D eigenvalue weighted by atomic mass is 32.1. The first kappa shape index (κ1) is 15.2. The lowest BCUT2D eigenvalue weighted by Gasteiger charge is -2.02. The number of para-hydroxylation sites is 1. The van der Waals surface area contributed by atoms with Crippen molar-refractivity contribution in [3.63, 3.8) is 0 Å². The molecule has 21 heavy (non-hydrogen) atoms. The Bertz CT molecular complexity index is 631. The molecule has 0 unspecified atom stereocenters. The van der Waals surface area contributed by atoms with Gasteiger partial charge in [-0.05, 0) is 24.6 Å². The summed E-state index contributed by atoms with van der Waals surface area (Å²) in [6.07, 6.45) is 3.72. The molecule has 2 rings (SSSR count). The Balaban J connectivity index is 1.85. The van der Waals surface area contributed by atoms with Crippen molar-refractivity contribution in [1.29, 1.82) is 0 Å². The molecule has 1 aromatic carbocycles. The van der Waals surface area contributed by atoms with Crippen molar-refractivity contribution < 1.29 is 14.3 Å². The van der Waals surface area contributed by atoms with Gasteiger partial charge in [0, 0.05) is 12.6 Å². The molecule has 6 heteroatoms. The van der Waals surface area contributed by atoms with Gasteiger partial charge in [-0.15, -0.1) is 11.3 Å². The van der Waals surface area contributed by atoms with E-state index in [2.05, 4.69) is 10.3 Å². The van der Waals surface area contributed by atoms with E-state index in [0.29, 0.717) is 6.54 Å². The van der Waals surface area contributed by atoms with Gasteiger partial charge in [-0.25, -0.2) is 9.78 Å². The zero-order chi connectivity index (χ0) is 15.1. The van der Waals surface area contributed by atoms with Crippen LogP contribution in [0.15, 0.2) is 30.3 Å². The summed E-state index contributed by atoms with van der Waals surface area (Å²) in [4.78, 5) is 27.1. The molecule has 110 valence electrons. The van der Waals surface area contributed by atoms with Gasteiger partial charge < -0.3 is 10.1 Å². The largest absolute Gasteiger partial charge is 0.452 e. The Morgan fingerprint density at radius 1 is 1.38 bits per heavy atom. The van der Waals surface area contributed by atoms with Crippen LogP contribution in [0, 0.1) is 0 Å². The highest BCUT2D eigenvalue weighted by Gasteiger charge is 2.05. The number of esters is 1. The summed E-state index contributed by atoms with van der Waals surface area (Å²) in [7, 11) is 0. The van der Waals surface area contributed by atoms with Crippen molar-refractivity contribution in [3.8, 4) is 0 Å². The number of rotatable bonds is 6. The summed E-state index contributed by atoms with van der Waals surface area (Å²) < 4.78 is 5.90. The number of amides is 1. The van der Waals surface area contributed by atoms with E-state index in [1.54, 1.807) is 6.08 Å². The van der Waals surface area contributed by atoms with Crippen molar-refractivity contribution in [2.45, 2.75) is 13.3 Å². The lowest BCUT2D eigenvalue weighted by Crippen LogP contribution is -2.28. The normalized spacial score (nSPS) is 10.9. The molecule has 0 bridgehead atoms. The zero-order valence-electron chi connectivity index (χ0n) is 11.7. The third-order valence-electron chi connectivity index (χ3n) is 2.59. The SMILES string of the molecule is CCCNC(=O)COC(=O)/C=C/c1nc2ccccc2s1. The molecule has 0 aliphatic heterocycles. The van der Waals surface area contributed by atoms with E-state index >= 15 is 0 Å². The van der Waals surface area contributed by atoms with Crippen molar-refractivity contribution in [1.82, 2.24) is 10.3 Å². The van der Waals surface area contributed by atoms with E-state index in [0.717, 1.165) is 21.6 Å². The Labute approximate surface area is 126 Å². The minimum atomic E-state index is -0.555. The maximum atomic E-state index is 11.5. The number of aromatic nitrogens is 1. The van der Waals surface area contributed by atoms with Gasteiger partial charge >= 0.3 is 5.97 Å². The van der Waals surface area contributed by atoms with Gasteiger partial charge in [0.05, 0.1) is 10.2 Å². The molecule has 1 amide bonds. The van der Waals surface area contributed by atoms with Gasteiger partial charge in [0.15, 0.2) is 6.61 Å². The Kier molecular flexibility index (Phi) is 5.45. The topological polar surface area (TPSA) is 68.3 Å². The predicted octanol–water partition coefficient (Wildman–Crippen LogP) is 2.38. The molecule has 0 fully saturated rings. The third-order valence-corrected chi connectivity index (χ3v) is 3.59. The molecular formula is C15H16N2O3S. The summed E-state index contributed by atoms with van der Waals surface area (Å²) >= 11 is 1.49. The maximum Gasteiger partial charge on any atom is 0.331 e. The van der Waals surface area contributed by atoms with Crippen molar-refractivity contribution in [2.24, 2.45) is 0 Å². The monoisotopic (exact) mass is 304 g/mol. The quantitative estimate of drug-likeness (QED) is 0.657. The fourth-order valence-electron chi connectivity index (χ4n) is 1.60. The Morgan fingerprint density at radius 2 is 2.19 bits per heavy atom. The van der Waals surface area contributed by atoms with Gasteiger partial charge in [-0.3, -0.25) is 4.79 Å². The van der Waals surface area contributed by atoms with E-state index in [9.17, 15) is 9.59 Å². The lowest BCUT2D eigenvalue weighted by atomic mass is 10.3. The van der Waals surface area contributed by atoms with Crippen LogP contribution in [0.25, 0.3) is 16.3 Å². The molecule has 5 nitrogen and oxygen atoms in total. The Hall–Kier alpha value is -2.21. The smallest absolute Gasteiger partial charge is 0.331 e. The van der Waals surface area contributed by atoms with Crippen LogP contribution in [0.2, 0.25) is 0 Å². The van der Waals surface area contributed by atoms with E-state index in [1.807, 2.05) is 31.2 Å². The standard InChI is InChI=1S/C15H16N2O3S/c1-2-9-16-13(18)10-20-15(19)8-7-14-17-11-5-3-4-6-12(11)21-14/h3-8H,2,9-10H2,1H3,(H,16,18)/b8-7+. The average Bonchev–Trinajstić information content (AvgIpc) is 2.91. The molecule has 0 saturated carbocycles. The average molecular weight is 304 g/mol. The second kappa shape index (κ2) is 7.54. The third kappa shape index (κ3) is 4.68. The number of ether oxygens (including phenoxy) is 1. The second-order valence-corrected chi connectivity index (χ2v) is 5.37. The number of carbonyl (C=O) groups is 2. The number of nitrogens with zero attached hydrogens (tertiary/aromatic N) is 1. The number of hydrogen-bond acceptors (Lipinski definition) is 5. The summed E-state index contributed by atoms with van der Waals surface area (Å²) in [5, 5.41) is 3.35. The fourth-order valence-corrected chi connectivity index (χ4v) is 2.47. The first-order valence-corrected chi connectivity index (χ1v) is 7.48. The van der Waals surface area contributed by atoms with Crippen LogP contribution < -0.4 is 5.32 Å². The van der Waals surface area contributed by atoms with Gasteiger partial charge in [0.2, 0.25) is 0 Å². The summed E-state index contributed by atoms with van der Waals surface area (Å²) in [5.74, 6) is -0.848. The highest BCUT2D eigenvalue weighted by Crippen LogP contribution is 2.22. The number of hydrogen-bond donors (Lipinski definition) is 1. The minimum absolute atomic E-state index is 0.261. The molecule has 0 radical (unpaired) electrons. The summed E-state index contributed by atoms with van der Waals surface area (Å²) in [6, 6.07) is 7.75. The number of thiazole rings is 1. The van der Waals surface area contributed by atoms with Crippen LogP contribution in [0.1, 0.15) is 18.4 Å². The lowest BCUT2D eigenvalue weighted by molar-refractivity contribution is -0.143. The second-order valence-electron chi connectivity index (χ2n) is 4.31.